The quantitative estimate of drug-likeness (QED) is 0.669. The highest BCUT2D eigenvalue weighted by atomic mass is 16.5. The zero-order chi connectivity index (χ0) is 10.5. The van der Waals surface area contributed by atoms with Crippen LogP contribution >= 0.6 is 0 Å². The molecule has 0 aromatic heterocycles. The first-order valence-electron chi connectivity index (χ1n) is 5.14. The first kappa shape index (κ1) is 15.4. The predicted molar refractivity (Wildman–Crippen MR) is 59.0 cm³/mol. The van der Waals surface area contributed by atoms with Gasteiger partial charge in [0.05, 0.1) is 0 Å². The Morgan fingerprint density at radius 3 is 1.69 bits per heavy atom. The molecule has 0 radical (unpaired) electrons. The lowest BCUT2D eigenvalue weighted by Crippen LogP contribution is -2.24. The lowest BCUT2D eigenvalue weighted by atomic mass is 10.4. The van der Waals surface area contributed by atoms with Crippen LogP contribution in [0.5, 0.6) is 0 Å². The van der Waals surface area contributed by atoms with Crippen molar-refractivity contribution in [3.63, 3.8) is 0 Å². The first-order chi connectivity index (χ1) is 6.27. The molecular weight excluding hydrogens is 164 g/mol. The molecule has 0 aromatic rings. The van der Waals surface area contributed by atoms with Crippen molar-refractivity contribution in [1.29, 1.82) is 0 Å². The summed E-state index contributed by atoms with van der Waals surface area (Å²) in [4.78, 5) is 2.07. The summed E-state index contributed by atoms with van der Waals surface area (Å²) in [5, 5.41) is 2.99. The molecule has 0 spiro atoms. The molecule has 0 bridgehead atoms. The van der Waals surface area contributed by atoms with E-state index >= 15 is 0 Å². The summed E-state index contributed by atoms with van der Waals surface area (Å²) in [6, 6.07) is 0. The third-order valence-electron chi connectivity index (χ3n) is 1.30. The van der Waals surface area contributed by atoms with E-state index in [0.29, 0.717) is 0 Å². The minimum Gasteiger partial charge on any atom is -0.381 e. The van der Waals surface area contributed by atoms with Crippen molar-refractivity contribution in [3.8, 4) is 0 Å². The van der Waals surface area contributed by atoms with E-state index in [0.717, 1.165) is 19.9 Å². The van der Waals surface area contributed by atoms with Gasteiger partial charge in [-0.3, -0.25) is 4.90 Å². The van der Waals surface area contributed by atoms with E-state index in [1.165, 1.54) is 12.8 Å². The van der Waals surface area contributed by atoms with Crippen LogP contribution in [0.1, 0.15) is 26.7 Å². The minimum atomic E-state index is 0.958. The third kappa shape index (κ3) is 18.7. The smallest absolute Gasteiger partial charge is 0.0472 e. The Morgan fingerprint density at radius 1 is 1.15 bits per heavy atom. The Morgan fingerprint density at radius 2 is 1.62 bits per heavy atom. The monoisotopic (exact) mass is 190 g/mol. The highest BCUT2D eigenvalue weighted by molar-refractivity contribution is 4.43. The van der Waals surface area contributed by atoms with E-state index in [4.69, 9.17) is 4.74 Å². The highest BCUT2D eigenvalue weighted by Gasteiger charge is 1.94. The van der Waals surface area contributed by atoms with Gasteiger partial charge in [0, 0.05) is 19.9 Å². The Labute approximate surface area is 83.5 Å². The van der Waals surface area contributed by atoms with Crippen LogP contribution in [-0.2, 0) is 4.74 Å². The summed E-state index contributed by atoms with van der Waals surface area (Å²) < 4.78 is 4.94. The van der Waals surface area contributed by atoms with E-state index in [9.17, 15) is 0 Å². The maximum absolute atomic E-state index is 4.94. The minimum absolute atomic E-state index is 0.958. The maximum Gasteiger partial charge on any atom is 0.0472 e. The SMILES string of the molecule is C1CCOC1.CC.CNCN(C)C. The van der Waals surface area contributed by atoms with Crippen molar-refractivity contribution >= 4 is 0 Å². The molecule has 3 nitrogen and oxygen atoms in total. The van der Waals surface area contributed by atoms with Gasteiger partial charge in [-0.25, -0.2) is 0 Å². The Bertz CT molecular complexity index is 65.7. The fourth-order valence-electron chi connectivity index (χ4n) is 0.827. The van der Waals surface area contributed by atoms with Crippen LogP contribution < -0.4 is 5.32 Å². The van der Waals surface area contributed by atoms with E-state index in [1.807, 2.05) is 35.0 Å². The molecule has 1 fully saturated rings. The van der Waals surface area contributed by atoms with Gasteiger partial charge in [-0.15, -0.1) is 0 Å². The molecule has 3 heteroatoms. The van der Waals surface area contributed by atoms with Gasteiger partial charge in [0.1, 0.15) is 0 Å². The number of nitrogens with zero attached hydrogens (tertiary/aromatic N) is 1. The molecule has 13 heavy (non-hydrogen) atoms. The molecule has 0 atom stereocenters. The molecule has 0 amide bonds. The van der Waals surface area contributed by atoms with Crippen LogP contribution in [0.2, 0.25) is 0 Å². The first-order valence-corrected chi connectivity index (χ1v) is 5.14. The van der Waals surface area contributed by atoms with Gasteiger partial charge < -0.3 is 10.1 Å². The van der Waals surface area contributed by atoms with E-state index in [-0.39, 0.29) is 0 Å². The number of rotatable bonds is 2. The van der Waals surface area contributed by atoms with Crippen LogP contribution in [-0.4, -0.2) is 45.9 Å². The molecule has 0 aliphatic carbocycles. The molecule has 1 aliphatic rings. The summed E-state index contributed by atoms with van der Waals surface area (Å²) in [5.74, 6) is 0. The van der Waals surface area contributed by atoms with Crippen LogP contribution in [0.15, 0.2) is 0 Å². The van der Waals surface area contributed by atoms with Gasteiger partial charge in [0.2, 0.25) is 0 Å². The van der Waals surface area contributed by atoms with Gasteiger partial charge in [-0.05, 0) is 34.0 Å². The number of nitrogens with one attached hydrogen (secondary N) is 1. The number of hydrogen-bond acceptors (Lipinski definition) is 3. The summed E-state index contributed by atoms with van der Waals surface area (Å²) in [6.45, 7) is 6.96. The number of ether oxygens (including phenoxy) is 1. The number of hydrogen-bond donors (Lipinski definition) is 1. The fraction of sp³-hybridized carbons (Fsp3) is 1.00. The topological polar surface area (TPSA) is 24.5 Å². The summed E-state index contributed by atoms with van der Waals surface area (Å²) in [5.41, 5.74) is 0. The van der Waals surface area contributed by atoms with Crippen molar-refractivity contribution in [2.75, 3.05) is 41.0 Å². The van der Waals surface area contributed by atoms with Gasteiger partial charge in [-0.1, -0.05) is 13.8 Å². The van der Waals surface area contributed by atoms with Gasteiger partial charge in [0.25, 0.3) is 0 Å². The van der Waals surface area contributed by atoms with Crippen LogP contribution in [0.4, 0.5) is 0 Å². The average molecular weight is 190 g/mol. The molecule has 1 saturated heterocycles. The lowest BCUT2D eigenvalue weighted by molar-refractivity contribution is 0.198. The second-order valence-corrected chi connectivity index (χ2v) is 2.91. The maximum atomic E-state index is 4.94. The summed E-state index contributed by atoms with van der Waals surface area (Å²) >= 11 is 0. The second kappa shape index (κ2) is 14.4. The van der Waals surface area contributed by atoms with E-state index in [2.05, 4.69) is 10.2 Å². The van der Waals surface area contributed by atoms with Crippen molar-refractivity contribution in [2.24, 2.45) is 0 Å². The Hall–Kier alpha value is -0.120. The zero-order valence-corrected chi connectivity index (χ0v) is 9.89. The lowest BCUT2D eigenvalue weighted by Gasteiger charge is -2.05. The molecule has 0 aromatic carbocycles. The normalized spacial score (nSPS) is 14.3. The molecule has 1 rings (SSSR count). The van der Waals surface area contributed by atoms with Crippen molar-refractivity contribution in [2.45, 2.75) is 26.7 Å². The van der Waals surface area contributed by atoms with Crippen LogP contribution in [0, 0.1) is 0 Å². The van der Waals surface area contributed by atoms with Crippen molar-refractivity contribution < 1.29 is 4.74 Å². The molecule has 0 unspecified atom stereocenters. The zero-order valence-electron chi connectivity index (χ0n) is 9.89. The molecule has 1 heterocycles. The summed E-state index contributed by atoms with van der Waals surface area (Å²) in [6.07, 6.45) is 2.56. The van der Waals surface area contributed by atoms with Gasteiger partial charge in [-0.2, -0.15) is 0 Å². The predicted octanol–water partition coefficient (Wildman–Crippen LogP) is 1.55. The molecular formula is C10H26N2O. The van der Waals surface area contributed by atoms with E-state index < -0.39 is 0 Å². The van der Waals surface area contributed by atoms with Gasteiger partial charge in [0.15, 0.2) is 0 Å². The van der Waals surface area contributed by atoms with Crippen LogP contribution in [0.25, 0.3) is 0 Å². The fourth-order valence-corrected chi connectivity index (χ4v) is 0.827. The van der Waals surface area contributed by atoms with Crippen LogP contribution in [0.3, 0.4) is 0 Å². The standard InChI is InChI=1S/C4H12N2.C4H8O.C2H6/c1-5-4-6(2)3;1-2-4-5-3-1;1-2/h5H,4H2,1-3H3;1-4H2;1-2H3. The Kier molecular flexibility index (Phi) is 17.0. The average Bonchev–Trinajstić information content (AvgIpc) is 2.64. The largest absolute Gasteiger partial charge is 0.381 e. The van der Waals surface area contributed by atoms with Crippen molar-refractivity contribution in [1.82, 2.24) is 10.2 Å². The van der Waals surface area contributed by atoms with Crippen molar-refractivity contribution in [3.05, 3.63) is 0 Å². The molecule has 0 saturated carbocycles. The second-order valence-electron chi connectivity index (χ2n) is 2.91. The summed E-state index contributed by atoms with van der Waals surface area (Å²) in [7, 11) is 5.98. The highest BCUT2D eigenvalue weighted by Crippen LogP contribution is 1.98. The van der Waals surface area contributed by atoms with Gasteiger partial charge >= 0.3 is 0 Å². The molecule has 82 valence electrons. The molecule has 1 aliphatic heterocycles. The third-order valence-corrected chi connectivity index (χ3v) is 1.30. The molecule has 1 N–H and O–H groups in total. The van der Waals surface area contributed by atoms with E-state index in [1.54, 1.807) is 0 Å². The Balaban J connectivity index is 0.